The molecule has 1 aliphatic heterocycles. The third-order valence-electron chi connectivity index (χ3n) is 6.75. The van der Waals surface area contributed by atoms with Crippen LogP contribution in [-0.4, -0.2) is 76.9 Å². The summed E-state index contributed by atoms with van der Waals surface area (Å²) < 4.78 is 77.3. The van der Waals surface area contributed by atoms with Crippen LogP contribution in [0.2, 0.25) is 0 Å². The molecule has 0 spiro atoms. The molecule has 3 rings (SSSR count). The van der Waals surface area contributed by atoms with Crippen molar-refractivity contribution in [1.82, 2.24) is 5.32 Å². The van der Waals surface area contributed by atoms with E-state index in [9.17, 15) is 27.4 Å². The number of hydrogen-bond donors (Lipinski definition) is 1. The Kier molecular flexibility index (Phi) is 13.0. The molecule has 0 radical (unpaired) electrons. The van der Waals surface area contributed by atoms with Gasteiger partial charge in [-0.05, 0) is 64.4 Å². The number of phosphoric acid groups is 1. The smallest absolute Gasteiger partial charge is 0.462 e. The first-order chi connectivity index (χ1) is 21.9. The summed E-state index contributed by atoms with van der Waals surface area (Å²) in [6, 6.07) is 11.4. The summed E-state index contributed by atoms with van der Waals surface area (Å²) in [6.45, 7) is 9.12. The number of carbonyl (C=O) groups excluding carboxylic acids is 3. The second kappa shape index (κ2) is 16.1. The van der Waals surface area contributed by atoms with Crippen molar-refractivity contribution >= 4 is 35.7 Å². The molecule has 47 heavy (non-hydrogen) atoms. The topological polar surface area (TPSA) is 179 Å². The van der Waals surface area contributed by atoms with E-state index in [0.29, 0.717) is 5.56 Å². The lowest BCUT2D eigenvalue weighted by Crippen LogP contribution is -2.47. The predicted molar refractivity (Wildman–Crippen MR) is 168 cm³/mol. The number of ether oxygens (including phenoxy) is 4. The molecule has 1 heterocycles. The summed E-state index contributed by atoms with van der Waals surface area (Å²) >= 11 is 0. The van der Waals surface area contributed by atoms with Gasteiger partial charge in [0.1, 0.15) is 37.3 Å². The highest BCUT2D eigenvalue weighted by atomic mass is 32.2. The zero-order valence-corrected chi connectivity index (χ0v) is 29.1. The van der Waals surface area contributed by atoms with Gasteiger partial charge < -0.3 is 28.8 Å². The van der Waals surface area contributed by atoms with E-state index in [4.69, 9.17) is 32.5 Å². The first kappa shape index (κ1) is 38.0. The second-order valence-electron chi connectivity index (χ2n) is 12.0. The van der Waals surface area contributed by atoms with Crippen molar-refractivity contribution in [2.45, 2.75) is 77.4 Å². The predicted octanol–water partition coefficient (Wildman–Crippen LogP) is 4.52. The van der Waals surface area contributed by atoms with Crippen LogP contribution in [0.25, 0.3) is 0 Å². The van der Waals surface area contributed by atoms with Gasteiger partial charge in [-0.1, -0.05) is 29.8 Å². The van der Waals surface area contributed by atoms with Gasteiger partial charge in [-0.25, -0.2) is 17.8 Å². The molecule has 0 saturated carbocycles. The lowest BCUT2D eigenvalue weighted by molar-refractivity contribution is -0.157. The lowest BCUT2D eigenvalue weighted by Gasteiger charge is -2.27. The van der Waals surface area contributed by atoms with Crippen molar-refractivity contribution in [3.8, 4) is 5.75 Å². The van der Waals surface area contributed by atoms with Crippen molar-refractivity contribution in [3.63, 3.8) is 0 Å². The molecule has 14 nitrogen and oxygen atoms in total. The van der Waals surface area contributed by atoms with Gasteiger partial charge in [0.25, 0.3) is 0 Å². The minimum absolute atomic E-state index is 0.0301. The number of amides is 1. The maximum Gasteiger partial charge on any atom is 0.530 e. The average Bonchev–Trinajstić information content (AvgIpc) is 3.34. The Morgan fingerprint density at radius 2 is 1.68 bits per heavy atom. The highest BCUT2D eigenvalue weighted by molar-refractivity contribution is 7.91. The first-order valence-electron chi connectivity index (χ1n) is 14.7. The maximum atomic E-state index is 13.7. The number of hydrogen-bond acceptors (Lipinski definition) is 13. The number of rotatable bonds is 14. The molecule has 1 saturated heterocycles. The van der Waals surface area contributed by atoms with Gasteiger partial charge in [-0.15, -0.1) is 0 Å². The average molecular weight is 700 g/mol. The number of carbonyl (C=O) groups is 3. The standard InChI is InChI=1S/C31H42NO13PS/c1-20-8-14-25(15-9-20)47(37,38)19-21(2)43-30(35)32-26-17-41-27(18-42-29(34)31(4,5)6)28(26)45-46(36,39-7)44-24-12-10-23(11-13-24)16-40-22(3)33/h8-15,21,26-28H,16-19H2,1-7H3,(H,32,35)/t21?,26-,27-,28?,46?/m1/s1. The minimum atomic E-state index is -4.39. The van der Waals surface area contributed by atoms with E-state index >= 15 is 0 Å². The third-order valence-corrected chi connectivity index (χ3v) is 10.0. The minimum Gasteiger partial charge on any atom is -0.462 e. The Balaban J connectivity index is 1.72. The fraction of sp³-hybridized carbons (Fsp3) is 0.516. The van der Waals surface area contributed by atoms with Gasteiger partial charge >= 0.3 is 25.9 Å². The summed E-state index contributed by atoms with van der Waals surface area (Å²) in [5, 5.41) is 2.56. The van der Waals surface area contributed by atoms with E-state index in [0.717, 1.165) is 12.7 Å². The molecule has 2 aromatic carbocycles. The van der Waals surface area contributed by atoms with Gasteiger partial charge in [0.05, 0.1) is 28.7 Å². The third kappa shape index (κ3) is 11.6. The number of nitrogens with one attached hydrogen (secondary N) is 1. The van der Waals surface area contributed by atoms with Gasteiger partial charge in [-0.3, -0.25) is 18.6 Å². The van der Waals surface area contributed by atoms with Crippen LogP contribution in [0.5, 0.6) is 5.75 Å². The summed E-state index contributed by atoms with van der Waals surface area (Å²) in [5.74, 6) is -1.34. The van der Waals surface area contributed by atoms with Crippen LogP contribution < -0.4 is 9.84 Å². The number of phosphoric ester groups is 1. The first-order valence-corrected chi connectivity index (χ1v) is 17.8. The van der Waals surface area contributed by atoms with Gasteiger partial charge in [0.2, 0.25) is 0 Å². The normalized spacial score (nSPS) is 20.0. The molecule has 260 valence electrons. The zero-order chi connectivity index (χ0) is 35.0. The largest absolute Gasteiger partial charge is 0.530 e. The number of alkyl carbamates (subject to hydrolysis) is 1. The van der Waals surface area contributed by atoms with Crippen LogP contribution >= 0.6 is 7.82 Å². The Morgan fingerprint density at radius 1 is 1.04 bits per heavy atom. The van der Waals surface area contributed by atoms with Crippen LogP contribution in [-0.2, 0) is 58.6 Å². The number of benzene rings is 2. The van der Waals surface area contributed by atoms with Crippen molar-refractivity contribution in [3.05, 3.63) is 59.7 Å². The molecule has 5 atom stereocenters. The van der Waals surface area contributed by atoms with E-state index < -0.39 is 71.2 Å². The second-order valence-corrected chi connectivity index (χ2v) is 15.7. The molecule has 1 aliphatic rings. The Morgan fingerprint density at radius 3 is 2.26 bits per heavy atom. The van der Waals surface area contributed by atoms with E-state index in [1.54, 1.807) is 45.0 Å². The highest BCUT2D eigenvalue weighted by Gasteiger charge is 2.46. The van der Waals surface area contributed by atoms with Crippen LogP contribution in [0.15, 0.2) is 53.4 Å². The van der Waals surface area contributed by atoms with Crippen LogP contribution in [0.4, 0.5) is 4.79 Å². The van der Waals surface area contributed by atoms with E-state index in [1.807, 2.05) is 6.92 Å². The van der Waals surface area contributed by atoms with Gasteiger partial charge in [0.15, 0.2) is 9.84 Å². The van der Waals surface area contributed by atoms with E-state index in [2.05, 4.69) is 5.32 Å². The van der Waals surface area contributed by atoms with Crippen molar-refractivity contribution in [2.75, 3.05) is 26.1 Å². The summed E-state index contributed by atoms with van der Waals surface area (Å²) in [4.78, 5) is 36.5. The molecule has 1 fully saturated rings. The molecule has 16 heteroatoms. The monoisotopic (exact) mass is 699 g/mol. The lowest BCUT2D eigenvalue weighted by atomic mass is 9.97. The quantitative estimate of drug-likeness (QED) is 0.165. The van der Waals surface area contributed by atoms with Crippen molar-refractivity contribution < 1.29 is 59.9 Å². The molecule has 2 aromatic rings. The maximum absolute atomic E-state index is 13.7. The molecular weight excluding hydrogens is 657 g/mol. The molecule has 0 aliphatic carbocycles. The van der Waals surface area contributed by atoms with Gasteiger partial charge in [-0.2, -0.15) is 0 Å². The molecular formula is C31H42NO13PS. The Bertz CT molecular complexity index is 1540. The van der Waals surface area contributed by atoms with Crippen LogP contribution in [0, 0.1) is 12.3 Å². The molecule has 1 N–H and O–H groups in total. The van der Waals surface area contributed by atoms with Crippen LogP contribution in [0.1, 0.15) is 45.7 Å². The summed E-state index contributed by atoms with van der Waals surface area (Å²) in [5.41, 5.74) is 0.722. The number of sulfone groups is 1. The zero-order valence-electron chi connectivity index (χ0n) is 27.4. The molecule has 0 aromatic heterocycles. The number of aryl methyl sites for hydroxylation is 1. The fourth-order valence-electron chi connectivity index (χ4n) is 4.22. The van der Waals surface area contributed by atoms with E-state index in [-0.39, 0.29) is 30.5 Å². The molecule has 3 unspecified atom stereocenters. The van der Waals surface area contributed by atoms with Gasteiger partial charge in [0, 0.05) is 14.0 Å². The number of esters is 2. The summed E-state index contributed by atoms with van der Waals surface area (Å²) in [7, 11) is -7.04. The van der Waals surface area contributed by atoms with E-state index in [1.165, 1.54) is 38.1 Å². The van der Waals surface area contributed by atoms with Crippen LogP contribution in [0.3, 0.4) is 0 Å². The van der Waals surface area contributed by atoms with Crippen molar-refractivity contribution in [2.24, 2.45) is 5.41 Å². The summed E-state index contributed by atoms with van der Waals surface area (Å²) in [6.07, 6.45) is -4.26. The Labute approximate surface area is 274 Å². The Hall–Kier alpha value is -3.49. The molecule has 1 amide bonds. The highest BCUT2D eigenvalue weighted by Crippen LogP contribution is 2.51. The molecule has 0 bridgehead atoms. The fourth-order valence-corrected chi connectivity index (χ4v) is 6.82. The SMILES string of the molecule is COP(=O)(Oc1ccc(COC(C)=O)cc1)OC1[C@H](NC(=O)OC(C)CS(=O)(=O)c2ccc(C)cc2)CO[C@@H]1COC(=O)C(C)(C)C. The van der Waals surface area contributed by atoms with Crippen molar-refractivity contribution in [1.29, 1.82) is 0 Å².